The van der Waals surface area contributed by atoms with Gasteiger partial charge in [-0.15, -0.1) is 0 Å². The summed E-state index contributed by atoms with van der Waals surface area (Å²) in [4.78, 5) is 36.8. The minimum Gasteiger partial charge on any atom is -0.477 e. The van der Waals surface area contributed by atoms with Gasteiger partial charge in [0.15, 0.2) is 12.1 Å². The molecule has 1 N–H and O–H groups in total. The van der Waals surface area contributed by atoms with Crippen molar-refractivity contribution in [2.45, 2.75) is 193 Å². The molecule has 0 spiro atoms. The van der Waals surface area contributed by atoms with Gasteiger partial charge < -0.3 is 23.8 Å². The molecule has 0 bridgehead atoms. The van der Waals surface area contributed by atoms with E-state index in [4.69, 9.17) is 14.2 Å². The van der Waals surface area contributed by atoms with Crippen LogP contribution in [0, 0.1) is 0 Å². The third-order valence-electron chi connectivity index (χ3n) is 9.32. The summed E-state index contributed by atoms with van der Waals surface area (Å²) in [5, 5.41) is 9.59. The van der Waals surface area contributed by atoms with Crippen LogP contribution in [0.15, 0.2) is 24.3 Å². The van der Waals surface area contributed by atoms with Crippen LogP contribution in [-0.4, -0.2) is 80.6 Å². The number of esters is 2. The fraction of sp³-hybridized carbons (Fsp3) is 0.837. The summed E-state index contributed by atoms with van der Waals surface area (Å²) >= 11 is 0. The Morgan fingerprint density at radius 2 is 1.00 bits per heavy atom. The zero-order chi connectivity index (χ0) is 37.8. The summed E-state index contributed by atoms with van der Waals surface area (Å²) in [6.07, 6.45) is 36.5. The molecule has 0 aliphatic carbocycles. The summed E-state index contributed by atoms with van der Waals surface area (Å²) in [6, 6.07) is -0.614. The Kier molecular flexibility index (Phi) is 33.4. The second-order valence-corrected chi connectivity index (χ2v) is 15.2. The van der Waals surface area contributed by atoms with Crippen molar-refractivity contribution >= 4 is 17.9 Å². The number of ether oxygens (including phenoxy) is 3. The molecule has 0 aliphatic heterocycles. The molecule has 0 aliphatic rings. The molecule has 0 fully saturated rings. The third-order valence-corrected chi connectivity index (χ3v) is 9.32. The molecule has 2 unspecified atom stereocenters. The number of likely N-dealkylation sites (N-methyl/N-ethyl adjacent to an activating group) is 1. The van der Waals surface area contributed by atoms with E-state index in [1.54, 1.807) is 0 Å². The number of rotatable bonds is 37. The Balaban J connectivity index is 4.32. The number of carboxylic acids is 1. The number of aliphatic carboxylic acids is 1. The highest BCUT2D eigenvalue weighted by atomic mass is 16.6. The van der Waals surface area contributed by atoms with Gasteiger partial charge in [0.05, 0.1) is 34.4 Å². The molecule has 0 saturated heterocycles. The summed E-state index contributed by atoms with van der Waals surface area (Å²) in [5.41, 5.74) is 0. The lowest BCUT2D eigenvalue weighted by atomic mass is 10.1. The second-order valence-electron chi connectivity index (χ2n) is 15.2. The predicted molar refractivity (Wildman–Crippen MR) is 211 cm³/mol. The molecule has 2 atom stereocenters. The molecule has 298 valence electrons. The van der Waals surface area contributed by atoms with Crippen molar-refractivity contribution < 1.29 is 38.2 Å². The highest BCUT2D eigenvalue weighted by Crippen LogP contribution is 2.14. The molecule has 0 heterocycles. The van der Waals surface area contributed by atoms with E-state index in [0.29, 0.717) is 19.3 Å². The van der Waals surface area contributed by atoms with Gasteiger partial charge in [-0.3, -0.25) is 9.59 Å². The van der Waals surface area contributed by atoms with Crippen molar-refractivity contribution in [3.63, 3.8) is 0 Å². The zero-order valence-corrected chi connectivity index (χ0v) is 33.8. The normalized spacial score (nSPS) is 13.2. The molecule has 0 saturated carbocycles. The molecular weight excluding hydrogens is 642 g/mol. The van der Waals surface area contributed by atoms with Crippen LogP contribution in [-0.2, 0) is 28.6 Å². The van der Waals surface area contributed by atoms with Crippen molar-refractivity contribution in [2.24, 2.45) is 0 Å². The Bertz CT molecular complexity index is 895. The fourth-order valence-electron chi connectivity index (χ4n) is 6.01. The average molecular weight is 723 g/mol. The quantitative estimate of drug-likeness (QED) is 0.0295. The van der Waals surface area contributed by atoms with Gasteiger partial charge >= 0.3 is 17.9 Å². The first-order valence-electron chi connectivity index (χ1n) is 20.9. The summed E-state index contributed by atoms with van der Waals surface area (Å²) in [6.45, 7) is 4.67. The van der Waals surface area contributed by atoms with Crippen molar-refractivity contribution in [1.82, 2.24) is 0 Å². The molecule has 8 nitrogen and oxygen atoms in total. The molecule has 0 aromatic carbocycles. The van der Waals surface area contributed by atoms with Gasteiger partial charge in [0.1, 0.15) is 6.61 Å². The summed E-state index contributed by atoms with van der Waals surface area (Å²) < 4.78 is 17.2. The van der Waals surface area contributed by atoms with E-state index in [0.717, 1.165) is 57.8 Å². The molecule has 0 aromatic rings. The van der Waals surface area contributed by atoms with Crippen LogP contribution < -0.4 is 0 Å². The SMILES string of the molecule is CCCC/C=C/CCCCCCC(=O)OC(COCCC(C(=O)O)[N+](C)(C)C)COC(=O)CCCCCCCCC/C=C/CCCCCCCC. The topological polar surface area (TPSA) is 99.1 Å². The minimum absolute atomic E-state index is 0.0555. The van der Waals surface area contributed by atoms with Gasteiger partial charge in [-0.25, -0.2) is 4.79 Å². The number of quaternary nitrogens is 1. The van der Waals surface area contributed by atoms with Crippen LogP contribution in [0.4, 0.5) is 0 Å². The van der Waals surface area contributed by atoms with Gasteiger partial charge in [-0.05, 0) is 57.8 Å². The second kappa shape index (κ2) is 34.9. The summed E-state index contributed by atoms with van der Waals surface area (Å²) in [7, 11) is 5.51. The van der Waals surface area contributed by atoms with Gasteiger partial charge in [0, 0.05) is 19.3 Å². The van der Waals surface area contributed by atoms with Crippen LogP contribution in [0.2, 0.25) is 0 Å². The Morgan fingerprint density at radius 1 is 0.569 bits per heavy atom. The predicted octanol–water partition coefficient (Wildman–Crippen LogP) is 10.9. The van der Waals surface area contributed by atoms with Crippen molar-refractivity contribution in [3.8, 4) is 0 Å². The lowest BCUT2D eigenvalue weighted by molar-refractivity contribution is -0.887. The van der Waals surface area contributed by atoms with Gasteiger partial charge in [0.2, 0.25) is 0 Å². The average Bonchev–Trinajstić information content (AvgIpc) is 3.08. The number of carboxylic acid groups (broad SMARTS) is 1. The molecule has 0 amide bonds. The minimum atomic E-state index is -0.878. The first-order valence-corrected chi connectivity index (χ1v) is 20.9. The first-order chi connectivity index (χ1) is 24.6. The van der Waals surface area contributed by atoms with Crippen molar-refractivity contribution in [1.29, 1.82) is 0 Å². The van der Waals surface area contributed by atoms with Crippen LogP contribution in [0.5, 0.6) is 0 Å². The van der Waals surface area contributed by atoms with E-state index in [-0.39, 0.29) is 36.2 Å². The smallest absolute Gasteiger partial charge is 0.362 e. The first kappa shape index (κ1) is 48.8. The molecule has 0 rings (SSSR count). The van der Waals surface area contributed by atoms with Crippen molar-refractivity contribution in [2.75, 3.05) is 41.0 Å². The zero-order valence-electron chi connectivity index (χ0n) is 33.8. The largest absolute Gasteiger partial charge is 0.477 e. The molecular formula is C43H80NO7+. The number of allylic oxidation sites excluding steroid dienone is 4. The van der Waals surface area contributed by atoms with E-state index in [9.17, 15) is 19.5 Å². The van der Waals surface area contributed by atoms with Crippen molar-refractivity contribution in [3.05, 3.63) is 24.3 Å². The molecule has 8 heteroatoms. The monoisotopic (exact) mass is 723 g/mol. The number of carbonyl (C=O) groups excluding carboxylic acids is 2. The maximum atomic E-state index is 12.6. The lowest BCUT2D eigenvalue weighted by Gasteiger charge is -2.31. The third kappa shape index (κ3) is 33.4. The molecule has 51 heavy (non-hydrogen) atoms. The van der Waals surface area contributed by atoms with Crippen LogP contribution in [0.25, 0.3) is 0 Å². The number of carbonyl (C=O) groups is 3. The maximum Gasteiger partial charge on any atom is 0.362 e. The van der Waals surface area contributed by atoms with E-state index in [1.165, 1.54) is 89.9 Å². The number of hydrogen-bond acceptors (Lipinski definition) is 6. The maximum absolute atomic E-state index is 12.6. The standard InChI is InChI=1S/C43H79NO7/c1-6-8-10-12-14-16-18-19-20-21-22-23-24-26-27-29-31-33-41(45)50-38-39(37-49-36-35-40(43(47)48)44(3,4)5)51-42(46)34-32-30-28-25-17-15-13-11-9-7-2/h13,15,19-20,39-40H,6-12,14,16-18,21-38H2,1-5H3/p+1/b15-13+,20-19+. The number of nitrogens with zero attached hydrogens (tertiary/aromatic N) is 1. The van der Waals surface area contributed by atoms with E-state index < -0.39 is 18.1 Å². The van der Waals surface area contributed by atoms with Gasteiger partial charge in [-0.1, -0.05) is 128 Å². The molecule has 0 aromatic heterocycles. The van der Waals surface area contributed by atoms with Crippen LogP contribution >= 0.6 is 0 Å². The Labute approximate surface area is 313 Å². The van der Waals surface area contributed by atoms with Gasteiger partial charge in [-0.2, -0.15) is 0 Å². The highest BCUT2D eigenvalue weighted by molar-refractivity contribution is 5.72. The van der Waals surface area contributed by atoms with Crippen LogP contribution in [0.3, 0.4) is 0 Å². The van der Waals surface area contributed by atoms with Gasteiger partial charge in [0.25, 0.3) is 0 Å². The number of hydrogen-bond donors (Lipinski definition) is 1. The lowest BCUT2D eigenvalue weighted by Crippen LogP contribution is -2.50. The van der Waals surface area contributed by atoms with E-state index in [1.807, 2.05) is 21.1 Å². The summed E-state index contributed by atoms with van der Waals surface area (Å²) in [5.74, 6) is -1.49. The highest BCUT2D eigenvalue weighted by Gasteiger charge is 2.31. The van der Waals surface area contributed by atoms with Crippen LogP contribution in [0.1, 0.15) is 181 Å². The number of unbranched alkanes of at least 4 members (excludes halogenated alkanes) is 19. The fourth-order valence-corrected chi connectivity index (χ4v) is 6.01. The van der Waals surface area contributed by atoms with E-state index >= 15 is 0 Å². The Hall–Kier alpha value is -2.19. The Morgan fingerprint density at radius 3 is 1.47 bits per heavy atom. The van der Waals surface area contributed by atoms with E-state index in [2.05, 4.69) is 38.2 Å². The molecule has 0 radical (unpaired) electrons.